The maximum atomic E-state index is 12.9. The summed E-state index contributed by atoms with van der Waals surface area (Å²) in [7, 11) is 0. The van der Waals surface area contributed by atoms with E-state index in [2.05, 4.69) is 5.32 Å². The van der Waals surface area contributed by atoms with Gasteiger partial charge in [-0.2, -0.15) is 0 Å². The second kappa shape index (κ2) is 8.86. The number of ether oxygens (including phenoxy) is 1. The van der Waals surface area contributed by atoms with Gasteiger partial charge in [0.2, 0.25) is 0 Å². The molecule has 2 amide bonds. The van der Waals surface area contributed by atoms with Gasteiger partial charge in [-0.15, -0.1) is 0 Å². The molecule has 3 aromatic carbocycles. The number of amides is 2. The van der Waals surface area contributed by atoms with Gasteiger partial charge in [-0.1, -0.05) is 47.5 Å². The molecule has 0 bridgehead atoms. The third-order valence-corrected chi connectivity index (χ3v) is 5.54. The first kappa shape index (κ1) is 21.6. The zero-order valence-corrected chi connectivity index (χ0v) is 18.3. The Bertz CT molecular complexity index is 1250. The Balaban J connectivity index is 1.50. The lowest BCUT2D eigenvalue weighted by Gasteiger charge is -2.16. The van der Waals surface area contributed by atoms with Gasteiger partial charge in [0.05, 0.1) is 11.3 Å². The molecule has 1 heterocycles. The molecule has 0 aromatic heterocycles. The maximum Gasteiger partial charge on any atom is 0.343 e. The first-order valence-electron chi connectivity index (χ1n) is 9.54. The van der Waals surface area contributed by atoms with Gasteiger partial charge < -0.3 is 10.1 Å². The normalized spacial score (nSPS) is 13.5. The molecule has 0 atom stereocenters. The Morgan fingerprint density at radius 1 is 0.906 bits per heavy atom. The van der Waals surface area contributed by atoms with Gasteiger partial charge in [-0.05, 0) is 61.0 Å². The number of benzene rings is 3. The molecule has 0 saturated carbocycles. The summed E-state index contributed by atoms with van der Waals surface area (Å²) in [6, 6.07) is 19.8. The van der Waals surface area contributed by atoms with E-state index < -0.39 is 17.8 Å². The van der Waals surface area contributed by atoms with Crippen molar-refractivity contribution >= 4 is 52.4 Å². The number of para-hydroxylation sites is 1. The number of hydrogen-bond acceptors (Lipinski definition) is 5. The summed E-state index contributed by atoms with van der Waals surface area (Å²) in [5, 5.41) is 3.06. The fraction of sp³-hybridized carbons (Fsp3) is 0.0417. The van der Waals surface area contributed by atoms with Crippen molar-refractivity contribution < 1.29 is 19.1 Å². The number of rotatable bonds is 5. The van der Waals surface area contributed by atoms with Crippen LogP contribution in [0.5, 0.6) is 5.75 Å². The van der Waals surface area contributed by atoms with E-state index in [0.29, 0.717) is 27.7 Å². The van der Waals surface area contributed by atoms with Gasteiger partial charge >= 0.3 is 5.97 Å². The quantitative estimate of drug-likeness (QED) is 0.313. The van der Waals surface area contributed by atoms with Gasteiger partial charge in [0.25, 0.3) is 11.8 Å². The van der Waals surface area contributed by atoms with Crippen molar-refractivity contribution in [3.63, 3.8) is 0 Å². The highest BCUT2D eigenvalue weighted by Crippen LogP contribution is 2.32. The number of esters is 1. The molecule has 32 heavy (non-hydrogen) atoms. The summed E-state index contributed by atoms with van der Waals surface area (Å²) in [5.41, 5.74) is 1.87. The van der Waals surface area contributed by atoms with Crippen LogP contribution in [0.25, 0.3) is 0 Å². The maximum absolute atomic E-state index is 12.9. The third-order valence-electron chi connectivity index (χ3n) is 4.78. The van der Waals surface area contributed by atoms with Gasteiger partial charge in [0.15, 0.2) is 0 Å². The van der Waals surface area contributed by atoms with Gasteiger partial charge in [0.1, 0.15) is 16.5 Å². The molecule has 1 N–H and O–H groups in total. The molecular formula is C24H16Cl2N2O4. The summed E-state index contributed by atoms with van der Waals surface area (Å²) in [4.78, 5) is 38.7. The summed E-state index contributed by atoms with van der Waals surface area (Å²) < 4.78 is 5.30. The van der Waals surface area contributed by atoms with Crippen LogP contribution in [-0.4, -0.2) is 17.8 Å². The van der Waals surface area contributed by atoms with Gasteiger partial charge in [0, 0.05) is 10.7 Å². The summed E-state index contributed by atoms with van der Waals surface area (Å²) in [6.07, 6.45) is 0. The Hall–Kier alpha value is -3.61. The summed E-state index contributed by atoms with van der Waals surface area (Å²) >= 11 is 12.3. The zero-order valence-electron chi connectivity index (χ0n) is 16.8. The third kappa shape index (κ3) is 4.23. The Morgan fingerprint density at radius 3 is 2.25 bits per heavy atom. The van der Waals surface area contributed by atoms with E-state index in [0.717, 1.165) is 10.5 Å². The molecule has 0 radical (unpaired) electrons. The number of halogens is 2. The van der Waals surface area contributed by atoms with E-state index in [1.54, 1.807) is 60.7 Å². The predicted molar refractivity (Wildman–Crippen MR) is 123 cm³/mol. The minimum atomic E-state index is -0.651. The van der Waals surface area contributed by atoms with Gasteiger partial charge in [-0.25, -0.2) is 9.69 Å². The van der Waals surface area contributed by atoms with Crippen LogP contribution in [0, 0.1) is 6.92 Å². The van der Waals surface area contributed by atoms with Crippen molar-refractivity contribution in [2.24, 2.45) is 0 Å². The van der Waals surface area contributed by atoms with Crippen LogP contribution in [-0.2, 0) is 9.59 Å². The lowest BCUT2D eigenvalue weighted by molar-refractivity contribution is -0.120. The molecule has 0 saturated heterocycles. The monoisotopic (exact) mass is 466 g/mol. The Labute approximate surface area is 194 Å². The van der Waals surface area contributed by atoms with Crippen molar-refractivity contribution in [2.75, 3.05) is 10.2 Å². The first-order valence-corrected chi connectivity index (χ1v) is 10.3. The fourth-order valence-corrected chi connectivity index (χ4v) is 3.44. The van der Waals surface area contributed by atoms with Crippen LogP contribution in [0.3, 0.4) is 0 Å². The van der Waals surface area contributed by atoms with E-state index in [-0.39, 0.29) is 10.7 Å². The molecule has 0 aliphatic carbocycles. The fourth-order valence-electron chi connectivity index (χ4n) is 3.06. The molecular weight excluding hydrogens is 451 g/mol. The molecule has 3 aromatic rings. The van der Waals surface area contributed by atoms with E-state index >= 15 is 0 Å². The molecule has 1 aliphatic rings. The topological polar surface area (TPSA) is 75.7 Å². The molecule has 0 unspecified atom stereocenters. The number of imide groups is 1. The molecule has 160 valence electrons. The standard InChI is InChI=1S/C24H16Cl2N2O4/c1-14-7-12-17(13-19(14)25)28-22(29)20(26)21(23(28)30)27-16-10-8-15(9-11-16)24(31)32-18-5-3-2-4-6-18/h2-13,27H,1H3. The largest absolute Gasteiger partial charge is 0.423 e. The molecule has 0 spiro atoms. The van der Waals surface area contributed by atoms with Crippen molar-refractivity contribution in [2.45, 2.75) is 6.92 Å². The minimum absolute atomic E-state index is 0.0621. The van der Waals surface area contributed by atoms with Crippen LogP contribution in [0.1, 0.15) is 15.9 Å². The highest BCUT2D eigenvalue weighted by atomic mass is 35.5. The van der Waals surface area contributed by atoms with Crippen molar-refractivity contribution in [1.29, 1.82) is 0 Å². The SMILES string of the molecule is Cc1ccc(N2C(=O)C(Cl)=C(Nc3ccc(C(=O)Oc4ccccc4)cc3)C2=O)cc1Cl. The molecule has 8 heteroatoms. The lowest BCUT2D eigenvalue weighted by atomic mass is 10.2. The second-order valence-electron chi connectivity index (χ2n) is 6.97. The summed E-state index contributed by atoms with van der Waals surface area (Å²) in [5.74, 6) is -1.34. The van der Waals surface area contributed by atoms with Crippen LogP contribution in [0.15, 0.2) is 83.5 Å². The number of carbonyl (C=O) groups is 3. The van der Waals surface area contributed by atoms with Crippen LogP contribution in [0.4, 0.5) is 11.4 Å². The Kier molecular flexibility index (Phi) is 5.99. The molecule has 4 rings (SSSR count). The number of aryl methyl sites for hydroxylation is 1. The first-order chi connectivity index (χ1) is 15.3. The summed E-state index contributed by atoms with van der Waals surface area (Å²) in [6.45, 7) is 1.82. The number of nitrogens with zero attached hydrogens (tertiary/aromatic N) is 1. The average Bonchev–Trinajstić information content (AvgIpc) is 3.00. The lowest BCUT2D eigenvalue weighted by Crippen LogP contribution is -2.32. The number of nitrogens with one attached hydrogen (secondary N) is 1. The number of hydrogen-bond donors (Lipinski definition) is 1. The van der Waals surface area contributed by atoms with E-state index in [9.17, 15) is 14.4 Å². The van der Waals surface area contributed by atoms with Crippen LogP contribution < -0.4 is 15.0 Å². The number of anilines is 2. The highest BCUT2D eigenvalue weighted by Gasteiger charge is 2.39. The van der Waals surface area contributed by atoms with E-state index in [1.807, 2.05) is 13.0 Å². The Morgan fingerprint density at radius 2 is 1.59 bits per heavy atom. The second-order valence-corrected chi connectivity index (χ2v) is 7.76. The van der Waals surface area contributed by atoms with Crippen molar-refractivity contribution in [3.8, 4) is 5.75 Å². The number of carbonyl (C=O) groups excluding carboxylic acids is 3. The van der Waals surface area contributed by atoms with Crippen LogP contribution in [0.2, 0.25) is 5.02 Å². The highest BCUT2D eigenvalue weighted by molar-refractivity contribution is 6.53. The molecule has 1 aliphatic heterocycles. The predicted octanol–water partition coefficient (Wildman–Crippen LogP) is 5.30. The molecule has 0 fully saturated rings. The van der Waals surface area contributed by atoms with Crippen LogP contribution >= 0.6 is 23.2 Å². The molecule has 6 nitrogen and oxygen atoms in total. The van der Waals surface area contributed by atoms with Crippen molar-refractivity contribution in [3.05, 3.63) is 99.7 Å². The smallest absolute Gasteiger partial charge is 0.343 e. The minimum Gasteiger partial charge on any atom is -0.423 e. The van der Waals surface area contributed by atoms with Crippen molar-refractivity contribution in [1.82, 2.24) is 0 Å². The van der Waals surface area contributed by atoms with E-state index in [1.165, 1.54) is 6.07 Å². The average molecular weight is 467 g/mol. The van der Waals surface area contributed by atoms with E-state index in [4.69, 9.17) is 27.9 Å². The van der Waals surface area contributed by atoms with Gasteiger partial charge in [-0.3, -0.25) is 9.59 Å². The zero-order chi connectivity index (χ0) is 22.8.